The summed E-state index contributed by atoms with van der Waals surface area (Å²) in [6.07, 6.45) is 6.37. The van der Waals surface area contributed by atoms with Crippen molar-refractivity contribution in [3.8, 4) is 78.7 Å². The molecule has 0 saturated heterocycles. The Bertz CT molecular complexity index is 3280. The number of fused-ring (bicyclic) bond motifs is 8. The zero-order valence-corrected chi connectivity index (χ0v) is 33.7. The lowest BCUT2D eigenvalue weighted by Gasteiger charge is -2.36. The molecule has 2 aliphatic rings. The number of hydrogen-bond donors (Lipinski definition) is 0. The van der Waals surface area contributed by atoms with Crippen LogP contribution in [0.25, 0.3) is 101 Å². The van der Waals surface area contributed by atoms with Gasteiger partial charge >= 0.3 is 0 Å². The maximum atomic E-state index is 6.29. The molecule has 2 heterocycles. The molecule has 0 unspecified atom stereocenters. The van der Waals surface area contributed by atoms with Crippen LogP contribution in [0, 0.1) is 0 Å². The van der Waals surface area contributed by atoms with Gasteiger partial charge in [0.15, 0.2) is 17.5 Å². The van der Waals surface area contributed by atoms with Crippen LogP contribution < -0.4 is 0 Å². The zero-order valence-electron chi connectivity index (χ0n) is 33.7. The van der Waals surface area contributed by atoms with Crippen molar-refractivity contribution < 1.29 is 4.42 Å². The van der Waals surface area contributed by atoms with Gasteiger partial charge in [0.2, 0.25) is 0 Å². The molecule has 0 N–H and O–H groups in total. The van der Waals surface area contributed by atoms with Crippen molar-refractivity contribution in [2.45, 2.75) is 37.5 Å². The summed E-state index contributed by atoms with van der Waals surface area (Å²) in [6, 6.07) is 67.1. The molecular weight excluding hydrogens is 743 g/mol. The monoisotopic (exact) mass is 783 g/mol. The Labute approximate surface area is 355 Å². The quantitative estimate of drug-likeness (QED) is 0.169. The van der Waals surface area contributed by atoms with Gasteiger partial charge in [-0.3, -0.25) is 0 Å². The van der Waals surface area contributed by atoms with Crippen molar-refractivity contribution >= 4 is 21.9 Å². The largest absolute Gasteiger partial charge is 0.456 e. The van der Waals surface area contributed by atoms with Crippen LogP contribution in [0.15, 0.2) is 192 Å². The molecule has 8 aromatic carbocycles. The van der Waals surface area contributed by atoms with E-state index in [0.717, 1.165) is 55.3 Å². The van der Waals surface area contributed by atoms with E-state index in [9.17, 15) is 0 Å². The van der Waals surface area contributed by atoms with Crippen LogP contribution >= 0.6 is 0 Å². The maximum absolute atomic E-state index is 6.29. The highest BCUT2D eigenvalue weighted by molar-refractivity contribution is 6.05. The lowest BCUT2D eigenvalue weighted by molar-refractivity contribution is 0.353. The summed E-state index contributed by atoms with van der Waals surface area (Å²) in [6.45, 7) is 0. The molecule has 12 rings (SSSR count). The molecule has 4 heteroatoms. The third-order valence-corrected chi connectivity index (χ3v) is 13.1. The number of aromatic nitrogens is 3. The van der Waals surface area contributed by atoms with E-state index in [4.69, 9.17) is 19.4 Å². The van der Waals surface area contributed by atoms with E-state index >= 15 is 0 Å². The second-order valence-corrected chi connectivity index (χ2v) is 16.6. The second-order valence-electron chi connectivity index (χ2n) is 16.6. The summed E-state index contributed by atoms with van der Waals surface area (Å²) >= 11 is 0. The highest BCUT2D eigenvalue weighted by atomic mass is 16.3. The Balaban J connectivity index is 0.931. The molecule has 0 amide bonds. The van der Waals surface area contributed by atoms with Gasteiger partial charge in [-0.1, -0.05) is 177 Å². The van der Waals surface area contributed by atoms with Gasteiger partial charge in [0.25, 0.3) is 0 Å². The first kappa shape index (κ1) is 35.5. The Morgan fingerprint density at radius 2 is 0.869 bits per heavy atom. The molecular formula is C57H41N3O. The van der Waals surface area contributed by atoms with Crippen LogP contribution in [-0.2, 0) is 5.41 Å². The van der Waals surface area contributed by atoms with Gasteiger partial charge in [0.05, 0.1) is 0 Å². The molecule has 10 aromatic rings. The third-order valence-electron chi connectivity index (χ3n) is 13.1. The van der Waals surface area contributed by atoms with Crippen molar-refractivity contribution in [2.24, 2.45) is 0 Å². The molecule has 0 atom stereocenters. The molecule has 4 nitrogen and oxygen atoms in total. The average Bonchev–Trinajstić information content (AvgIpc) is 3.84. The minimum atomic E-state index is 0.132. The summed E-state index contributed by atoms with van der Waals surface area (Å²) in [5.74, 6) is 1.83. The molecule has 2 aliphatic carbocycles. The third kappa shape index (κ3) is 6.01. The molecule has 290 valence electrons. The fourth-order valence-corrected chi connectivity index (χ4v) is 10.2. The number of para-hydroxylation sites is 1. The van der Waals surface area contributed by atoms with Gasteiger partial charge in [0.1, 0.15) is 11.2 Å². The lowest BCUT2D eigenvalue weighted by Crippen LogP contribution is -2.27. The van der Waals surface area contributed by atoms with Gasteiger partial charge in [-0.2, -0.15) is 0 Å². The molecule has 0 aliphatic heterocycles. The predicted octanol–water partition coefficient (Wildman–Crippen LogP) is 15.0. The molecule has 61 heavy (non-hydrogen) atoms. The molecule has 1 saturated carbocycles. The van der Waals surface area contributed by atoms with Gasteiger partial charge in [-0.05, 0) is 98.8 Å². The Morgan fingerprint density at radius 1 is 0.344 bits per heavy atom. The highest BCUT2D eigenvalue weighted by Crippen LogP contribution is 2.58. The Hall–Kier alpha value is -7.43. The molecule has 0 radical (unpaired) electrons. The maximum Gasteiger partial charge on any atom is 0.164 e. The summed E-state index contributed by atoms with van der Waals surface area (Å²) in [7, 11) is 0. The lowest BCUT2D eigenvalue weighted by atomic mass is 9.68. The predicted molar refractivity (Wildman–Crippen MR) is 249 cm³/mol. The van der Waals surface area contributed by atoms with Gasteiger partial charge < -0.3 is 4.42 Å². The van der Waals surface area contributed by atoms with Gasteiger partial charge in [0, 0.05) is 32.9 Å². The first-order valence-corrected chi connectivity index (χ1v) is 21.5. The van der Waals surface area contributed by atoms with Crippen LogP contribution in [-0.4, -0.2) is 15.0 Å². The second kappa shape index (κ2) is 14.4. The molecule has 1 spiro atoms. The molecule has 2 aromatic heterocycles. The van der Waals surface area contributed by atoms with Crippen molar-refractivity contribution in [1.82, 2.24) is 15.0 Å². The van der Waals surface area contributed by atoms with Crippen molar-refractivity contribution in [2.75, 3.05) is 0 Å². The average molecular weight is 784 g/mol. The van der Waals surface area contributed by atoms with Crippen molar-refractivity contribution in [3.63, 3.8) is 0 Å². The van der Waals surface area contributed by atoms with Crippen LogP contribution in [0.4, 0.5) is 0 Å². The number of rotatable bonds is 6. The topological polar surface area (TPSA) is 51.8 Å². The van der Waals surface area contributed by atoms with Crippen LogP contribution in [0.3, 0.4) is 0 Å². The van der Waals surface area contributed by atoms with E-state index < -0.39 is 0 Å². The van der Waals surface area contributed by atoms with Gasteiger partial charge in [-0.25, -0.2) is 15.0 Å². The van der Waals surface area contributed by atoms with Crippen LogP contribution in [0.5, 0.6) is 0 Å². The SMILES string of the molecule is c1ccc(-c2cccc(-c3nc(-c4ccc(-c5cccc(-c6cccc7c6-c6ccccc6C76CCCCC6)c5)cc4)nc(-c4ccc5c(c4)oc4ccccc45)n3)c2)cc1. The standard InChI is InChI=1S/C57H41N3O/c1-3-14-37(15-4-1)41-17-12-19-43(35-41)55-58-54(59-56(60-55)44-30-31-47-46-20-6-8-25-51(46)61-52(47)36-44)39-28-26-38(27-29-39)40-16-11-18-42(34-40)45-22-13-24-50-53(45)48-21-5-7-23-49(48)57(50)32-9-2-10-33-57/h1,3-8,11-31,34-36H,2,9-10,32-33H2. The molecule has 1 fully saturated rings. The fraction of sp³-hybridized carbons (Fsp3) is 0.105. The van der Waals surface area contributed by atoms with Crippen molar-refractivity contribution in [1.29, 1.82) is 0 Å². The Morgan fingerprint density at radius 3 is 1.67 bits per heavy atom. The van der Waals surface area contributed by atoms with E-state index in [0.29, 0.717) is 17.5 Å². The van der Waals surface area contributed by atoms with Crippen LogP contribution in [0.2, 0.25) is 0 Å². The number of benzene rings is 8. The summed E-state index contributed by atoms with van der Waals surface area (Å²) in [4.78, 5) is 15.4. The van der Waals surface area contributed by atoms with E-state index in [1.807, 2.05) is 30.3 Å². The van der Waals surface area contributed by atoms with E-state index in [2.05, 4.69) is 158 Å². The van der Waals surface area contributed by atoms with Gasteiger partial charge in [-0.15, -0.1) is 0 Å². The highest BCUT2D eigenvalue weighted by Gasteiger charge is 2.44. The van der Waals surface area contributed by atoms with E-state index in [1.165, 1.54) is 71.0 Å². The fourth-order valence-electron chi connectivity index (χ4n) is 10.2. The minimum absolute atomic E-state index is 0.132. The van der Waals surface area contributed by atoms with Crippen molar-refractivity contribution in [3.05, 3.63) is 199 Å². The molecule has 0 bridgehead atoms. The smallest absolute Gasteiger partial charge is 0.164 e. The van der Waals surface area contributed by atoms with Crippen LogP contribution in [0.1, 0.15) is 43.2 Å². The van der Waals surface area contributed by atoms with E-state index in [1.54, 1.807) is 0 Å². The number of furan rings is 1. The number of hydrogen-bond acceptors (Lipinski definition) is 4. The number of nitrogens with zero attached hydrogens (tertiary/aromatic N) is 3. The first-order chi connectivity index (χ1) is 30.2. The minimum Gasteiger partial charge on any atom is -0.456 e. The normalized spacial score (nSPS) is 14.0. The first-order valence-electron chi connectivity index (χ1n) is 21.5. The Kier molecular flexibility index (Phi) is 8.38. The summed E-state index contributed by atoms with van der Waals surface area (Å²) < 4.78 is 6.29. The zero-order chi connectivity index (χ0) is 40.3. The summed E-state index contributed by atoms with van der Waals surface area (Å²) in [5.41, 5.74) is 17.5. The van der Waals surface area contributed by atoms with E-state index in [-0.39, 0.29) is 5.41 Å². The summed E-state index contributed by atoms with van der Waals surface area (Å²) in [5, 5.41) is 2.16.